The van der Waals surface area contributed by atoms with Crippen LogP contribution in [0.3, 0.4) is 0 Å². The Morgan fingerprint density at radius 2 is 2.53 bits per heavy atom. The molecule has 1 aromatic heterocycles. The Balaban J connectivity index is 2.01. The molecule has 0 bridgehead atoms. The number of aliphatic hydroxyl groups excluding tert-OH is 1. The van der Waals surface area contributed by atoms with Crippen LogP contribution in [0.2, 0.25) is 0 Å². The van der Waals surface area contributed by atoms with Crippen LogP contribution >= 0.6 is 0 Å². The molecule has 1 fully saturated rings. The van der Waals surface area contributed by atoms with Crippen molar-refractivity contribution < 1.29 is 9.90 Å². The zero-order valence-corrected chi connectivity index (χ0v) is 10.3. The van der Waals surface area contributed by atoms with Gasteiger partial charge >= 0.3 is 0 Å². The van der Waals surface area contributed by atoms with Crippen molar-refractivity contribution in [2.45, 2.75) is 32.8 Å². The highest BCUT2D eigenvalue weighted by Crippen LogP contribution is 2.21. The topological polar surface area (TPSA) is 69.2 Å². The van der Waals surface area contributed by atoms with E-state index >= 15 is 0 Å². The van der Waals surface area contributed by atoms with E-state index in [9.17, 15) is 9.90 Å². The number of nitrogens with one attached hydrogen (secondary N) is 1. The maximum atomic E-state index is 12.1. The number of hydrogen-bond donors (Lipinski definition) is 2. The molecule has 1 amide bonds. The Morgan fingerprint density at radius 3 is 3.06 bits per heavy atom. The summed E-state index contributed by atoms with van der Waals surface area (Å²) in [6.45, 7) is 5.14. The van der Waals surface area contributed by atoms with Gasteiger partial charge in [-0.2, -0.15) is 5.10 Å². The normalized spacial score (nSPS) is 21.8. The fraction of sp³-hybridized carbons (Fsp3) is 0.667. The number of aryl methyl sites for hydroxylation is 1. The van der Waals surface area contributed by atoms with E-state index in [-0.39, 0.29) is 17.9 Å². The highest BCUT2D eigenvalue weighted by molar-refractivity contribution is 5.92. The lowest BCUT2D eigenvalue weighted by atomic mass is 10.0. The predicted molar refractivity (Wildman–Crippen MR) is 63.7 cm³/mol. The highest BCUT2D eigenvalue weighted by atomic mass is 16.3. The summed E-state index contributed by atoms with van der Waals surface area (Å²) in [6, 6.07) is 1.80. The first-order chi connectivity index (χ1) is 8.11. The van der Waals surface area contributed by atoms with E-state index in [1.54, 1.807) is 17.9 Å². The van der Waals surface area contributed by atoms with E-state index in [0.29, 0.717) is 18.8 Å². The summed E-state index contributed by atoms with van der Waals surface area (Å²) in [7, 11) is 0. The van der Waals surface area contributed by atoms with Crippen molar-refractivity contribution in [3.8, 4) is 0 Å². The largest absolute Gasteiger partial charge is 0.393 e. The maximum Gasteiger partial charge on any atom is 0.274 e. The Bertz CT molecular complexity index is 400. The summed E-state index contributed by atoms with van der Waals surface area (Å²) in [5.74, 6) is 0.160. The molecule has 1 aromatic rings. The summed E-state index contributed by atoms with van der Waals surface area (Å²) in [5, 5.41) is 16.4. The lowest BCUT2D eigenvalue weighted by molar-refractivity contribution is 0.0757. The van der Waals surface area contributed by atoms with Crippen LogP contribution in [0.4, 0.5) is 0 Å². The van der Waals surface area contributed by atoms with Gasteiger partial charge in [0.2, 0.25) is 0 Å². The van der Waals surface area contributed by atoms with Crippen LogP contribution in [-0.2, 0) is 6.42 Å². The number of hydrogen-bond acceptors (Lipinski definition) is 3. The minimum Gasteiger partial charge on any atom is -0.393 e. The van der Waals surface area contributed by atoms with Crippen LogP contribution in [0.15, 0.2) is 6.07 Å². The van der Waals surface area contributed by atoms with Gasteiger partial charge in [0.1, 0.15) is 5.69 Å². The molecule has 2 atom stereocenters. The number of carbonyl (C=O) groups excluding carboxylic acids is 1. The zero-order chi connectivity index (χ0) is 12.4. The first-order valence-corrected chi connectivity index (χ1v) is 6.13. The quantitative estimate of drug-likeness (QED) is 0.817. The number of rotatable bonds is 3. The van der Waals surface area contributed by atoms with Crippen molar-refractivity contribution in [1.82, 2.24) is 15.1 Å². The molecular formula is C12H19N3O2. The molecule has 5 nitrogen and oxygen atoms in total. The van der Waals surface area contributed by atoms with Crippen molar-refractivity contribution in [2.24, 2.45) is 5.92 Å². The third-order valence-electron chi connectivity index (χ3n) is 3.43. The Kier molecular flexibility index (Phi) is 3.47. The average molecular weight is 237 g/mol. The van der Waals surface area contributed by atoms with E-state index in [0.717, 1.165) is 18.5 Å². The van der Waals surface area contributed by atoms with Gasteiger partial charge in [-0.3, -0.25) is 9.89 Å². The fourth-order valence-electron chi connectivity index (χ4n) is 2.18. The third-order valence-corrected chi connectivity index (χ3v) is 3.43. The fourth-order valence-corrected chi connectivity index (χ4v) is 2.18. The number of aromatic nitrogens is 2. The molecule has 2 heterocycles. The highest BCUT2D eigenvalue weighted by Gasteiger charge is 2.30. The zero-order valence-electron chi connectivity index (χ0n) is 10.3. The van der Waals surface area contributed by atoms with E-state index in [2.05, 4.69) is 10.2 Å². The molecule has 1 aliphatic rings. The number of nitrogens with zero attached hydrogens (tertiary/aromatic N) is 2. The van der Waals surface area contributed by atoms with Crippen LogP contribution in [0, 0.1) is 5.92 Å². The van der Waals surface area contributed by atoms with Crippen molar-refractivity contribution in [1.29, 1.82) is 0 Å². The lowest BCUT2D eigenvalue weighted by Gasteiger charge is -2.16. The van der Waals surface area contributed by atoms with E-state index < -0.39 is 0 Å². The van der Waals surface area contributed by atoms with Crippen LogP contribution < -0.4 is 0 Å². The second kappa shape index (κ2) is 4.87. The Morgan fingerprint density at radius 1 is 1.76 bits per heavy atom. The van der Waals surface area contributed by atoms with Gasteiger partial charge in [0.25, 0.3) is 5.91 Å². The average Bonchev–Trinajstić information content (AvgIpc) is 2.97. The molecule has 2 N–H and O–H groups in total. The van der Waals surface area contributed by atoms with Crippen LogP contribution in [-0.4, -0.2) is 45.3 Å². The van der Waals surface area contributed by atoms with Gasteiger partial charge in [0.05, 0.1) is 6.10 Å². The summed E-state index contributed by atoms with van der Waals surface area (Å²) >= 11 is 0. The van der Waals surface area contributed by atoms with Gasteiger partial charge in [-0.05, 0) is 25.8 Å². The van der Waals surface area contributed by atoms with Gasteiger partial charge in [-0.1, -0.05) is 6.92 Å². The Hall–Kier alpha value is -1.36. The number of aromatic amines is 1. The van der Waals surface area contributed by atoms with Gasteiger partial charge in [-0.25, -0.2) is 0 Å². The van der Waals surface area contributed by atoms with Crippen molar-refractivity contribution in [2.75, 3.05) is 13.1 Å². The van der Waals surface area contributed by atoms with Crippen molar-refractivity contribution in [3.05, 3.63) is 17.5 Å². The van der Waals surface area contributed by atoms with Crippen molar-refractivity contribution >= 4 is 5.91 Å². The first kappa shape index (κ1) is 12.1. The number of amides is 1. The number of aliphatic hydroxyl groups is 1. The molecule has 2 unspecified atom stereocenters. The first-order valence-electron chi connectivity index (χ1n) is 6.13. The van der Waals surface area contributed by atoms with Crippen LogP contribution in [0.5, 0.6) is 0 Å². The SMILES string of the molecule is CCc1cc(C(=O)N2CCC(C(C)O)C2)n[nH]1. The van der Waals surface area contributed by atoms with E-state index in [1.165, 1.54) is 0 Å². The van der Waals surface area contributed by atoms with E-state index in [1.807, 2.05) is 6.92 Å². The predicted octanol–water partition coefficient (Wildman–Crippen LogP) is 0.815. The number of likely N-dealkylation sites (tertiary alicyclic amines) is 1. The molecule has 94 valence electrons. The third kappa shape index (κ3) is 2.49. The van der Waals surface area contributed by atoms with Crippen LogP contribution in [0.25, 0.3) is 0 Å². The monoisotopic (exact) mass is 237 g/mol. The number of carbonyl (C=O) groups is 1. The molecule has 2 rings (SSSR count). The standard InChI is InChI=1S/C12H19N3O2/c1-3-10-6-11(14-13-10)12(17)15-5-4-9(7-15)8(2)16/h6,8-9,16H,3-5,7H2,1-2H3,(H,13,14). The summed E-state index contributed by atoms with van der Waals surface area (Å²) < 4.78 is 0. The molecule has 0 saturated carbocycles. The Labute approximate surface area is 101 Å². The second-order valence-electron chi connectivity index (χ2n) is 4.67. The molecule has 1 aliphatic heterocycles. The van der Waals surface area contributed by atoms with Crippen LogP contribution in [0.1, 0.15) is 36.5 Å². The maximum absolute atomic E-state index is 12.1. The number of H-pyrrole nitrogens is 1. The molecule has 1 saturated heterocycles. The van der Waals surface area contributed by atoms with Gasteiger partial charge in [-0.15, -0.1) is 0 Å². The van der Waals surface area contributed by atoms with Crippen molar-refractivity contribution in [3.63, 3.8) is 0 Å². The molecule has 0 aliphatic carbocycles. The molecule has 17 heavy (non-hydrogen) atoms. The summed E-state index contributed by atoms with van der Waals surface area (Å²) in [6.07, 6.45) is 1.36. The summed E-state index contributed by atoms with van der Waals surface area (Å²) in [5.41, 5.74) is 1.45. The second-order valence-corrected chi connectivity index (χ2v) is 4.67. The minimum absolute atomic E-state index is 0.0379. The molecule has 0 radical (unpaired) electrons. The van der Waals surface area contributed by atoms with Gasteiger partial charge in [0.15, 0.2) is 0 Å². The smallest absolute Gasteiger partial charge is 0.274 e. The molecule has 5 heteroatoms. The molecular weight excluding hydrogens is 218 g/mol. The molecule has 0 spiro atoms. The van der Waals surface area contributed by atoms with Gasteiger partial charge < -0.3 is 10.0 Å². The molecule has 0 aromatic carbocycles. The summed E-state index contributed by atoms with van der Waals surface area (Å²) in [4.78, 5) is 13.9. The van der Waals surface area contributed by atoms with E-state index in [4.69, 9.17) is 0 Å². The lowest BCUT2D eigenvalue weighted by Crippen LogP contribution is -2.30. The minimum atomic E-state index is -0.349. The van der Waals surface area contributed by atoms with Gasteiger partial charge in [0, 0.05) is 24.7 Å².